The van der Waals surface area contributed by atoms with Crippen molar-refractivity contribution in [3.05, 3.63) is 0 Å². The van der Waals surface area contributed by atoms with Crippen LogP contribution in [0, 0.1) is 0 Å². The van der Waals surface area contributed by atoms with Crippen LogP contribution in [0.2, 0.25) is 0 Å². The Balaban J connectivity index is 3.89. The van der Waals surface area contributed by atoms with Crippen LogP contribution in [0.4, 0.5) is 0 Å². The second-order valence-electron chi connectivity index (χ2n) is 4.18. The summed E-state index contributed by atoms with van der Waals surface area (Å²) >= 11 is 0. The minimum atomic E-state index is -0.266. The van der Waals surface area contributed by atoms with Gasteiger partial charge in [-0.25, -0.2) is 0 Å². The van der Waals surface area contributed by atoms with E-state index < -0.39 is 0 Å². The van der Waals surface area contributed by atoms with E-state index in [9.17, 15) is 4.79 Å². The summed E-state index contributed by atoms with van der Waals surface area (Å²) in [6.45, 7) is 10.5. The van der Waals surface area contributed by atoms with E-state index in [0.717, 1.165) is 0 Å². The first-order valence-electron chi connectivity index (χ1n) is 5.44. The second kappa shape index (κ2) is 7.65. The molecule has 1 N–H and O–H groups in total. The zero-order valence-electron chi connectivity index (χ0n) is 10.4. The standard InChI is InChI=1S/C11H23NO3/c1-8(2)12-6-11(15-10(5)13)7-14-9(3)4/h8-9,11-12H,6-7H2,1-5H3. The first-order chi connectivity index (χ1) is 6.91. The van der Waals surface area contributed by atoms with E-state index in [1.54, 1.807) is 0 Å². The largest absolute Gasteiger partial charge is 0.459 e. The van der Waals surface area contributed by atoms with Gasteiger partial charge < -0.3 is 14.8 Å². The third kappa shape index (κ3) is 9.69. The Bertz CT molecular complexity index is 169. The van der Waals surface area contributed by atoms with Gasteiger partial charge in [0.05, 0.1) is 12.7 Å². The van der Waals surface area contributed by atoms with Crippen molar-refractivity contribution in [2.24, 2.45) is 0 Å². The van der Waals surface area contributed by atoms with E-state index in [0.29, 0.717) is 19.2 Å². The lowest BCUT2D eigenvalue weighted by molar-refractivity contribution is -0.150. The fourth-order valence-electron chi connectivity index (χ4n) is 1.04. The quantitative estimate of drug-likeness (QED) is 0.654. The van der Waals surface area contributed by atoms with Gasteiger partial charge in [0, 0.05) is 19.5 Å². The van der Waals surface area contributed by atoms with Crippen molar-refractivity contribution < 1.29 is 14.3 Å². The van der Waals surface area contributed by atoms with Gasteiger partial charge in [0.15, 0.2) is 0 Å². The normalized spacial score (nSPS) is 13.3. The monoisotopic (exact) mass is 217 g/mol. The molecule has 0 bridgehead atoms. The molecule has 1 atom stereocenters. The molecule has 0 aromatic carbocycles. The Morgan fingerprint density at radius 3 is 2.27 bits per heavy atom. The molecule has 90 valence electrons. The first-order valence-corrected chi connectivity index (χ1v) is 5.44. The molecule has 1 unspecified atom stereocenters. The van der Waals surface area contributed by atoms with Crippen LogP contribution >= 0.6 is 0 Å². The molecule has 0 saturated carbocycles. The number of hydrogen-bond donors (Lipinski definition) is 1. The minimum absolute atomic E-state index is 0.155. The minimum Gasteiger partial charge on any atom is -0.459 e. The predicted molar refractivity (Wildman–Crippen MR) is 59.8 cm³/mol. The van der Waals surface area contributed by atoms with Gasteiger partial charge in [0.25, 0.3) is 0 Å². The molecule has 0 saturated heterocycles. The molecule has 0 amide bonds. The van der Waals surface area contributed by atoms with Crippen LogP contribution in [0.5, 0.6) is 0 Å². The highest BCUT2D eigenvalue weighted by molar-refractivity contribution is 5.66. The van der Waals surface area contributed by atoms with E-state index >= 15 is 0 Å². The molecule has 0 aliphatic rings. The number of carbonyl (C=O) groups is 1. The summed E-state index contributed by atoms with van der Waals surface area (Å²) in [4.78, 5) is 10.8. The Hall–Kier alpha value is -0.610. The molecule has 15 heavy (non-hydrogen) atoms. The maximum absolute atomic E-state index is 10.8. The Morgan fingerprint density at radius 2 is 1.87 bits per heavy atom. The second-order valence-corrected chi connectivity index (χ2v) is 4.18. The van der Waals surface area contributed by atoms with Crippen LogP contribution in [-0.4, -0.2) is 37.4 Å². The maximum atomic E-state index is 10.8. The Morgan fingerprint density at radius 1 is 1.27 bits per heavy atom. The third-order valence-corrected chi connectivity index (χ3v) is 1.70. The molecular weight excluding hydrogens is 194 g/mol. The highest BCUT2D eigenvalue weighted by atomic mass is 16.6. The van der Waals surface area contributed by atoms with Crippen molar-refractivity contribution in [3.8, 4) is 0 Å². The van der Waals surface area contributed by atoms with E-state index in [4.69, 9.17) is 9.47 Å². The fourth-order valence-corrected chi connectivity index (χ4v) is 1.04. The lowest BCUT2D eigenvalue weighted by Crippen LogP contribution is -2.37. The topological polar surface area (TPSA) is 47.6 Å². The average molecular weight is 217 g/mol. The molecule has 0 radical (unpaired) electrons. The molecule has 0 fully saturated rings. The van der Waals surface area contributed by atoms with Crippen molar-refractivity contribution in [3.63, 3.8) is 0 Å². The summed E-state index contributed by atoms with van der Waals surface area (Å²) in [6, 6.07) is 0.377. The fraction of sp³-hybridized carbons (Fsp3) is 0.909. The van der Waals surface area contributed by atoms with E-state index in [1.807, 2.05) is 27.7 Å². The van der Waals surface area contributed by atoms with Gasteiger partial charge >= 0.3 is 5.97 Å². The van der Waals surface area contributed by atoms with Crippen molar-refractivity contribution >= 4 is 5.97 Å². The van der Waals surface area contributed by atoms with Crippen molar-refractivity contribution in [1.82, 2.24) is 5.32 Å². The maximum Gasteiger partial charge on any atom is 0.303 e. The number of hydrogen-bond acceptors (Lipinski definition) is 4. The molecule has 0 aliphatic carbocycles. The highest BCUT2D eigenvalue weighted by Crippen LogP contribution is 1.97. The van der Waals surface area contributed by atoms with Gasteiger partial charge in [-0.2, -0.15) is 0 Å². The lowest BCUT2D eigenvalue weighted by atomic mass is 10.3. The van der Waals surface area contributed by atoms with Gasteiger partial charge in [-0.3, -0.25) is 4.79 Å². The number of ether oxygens (including phenoxy) is 2. The molecule has 0 aliphatic heterocycles. The van der Waals surface area contributed by atoms with Crippen LogP contribution in [0.15, 0.2) is 0 Å². The van der Waals surface area contributed by atoms with Crippen molar-refractivity contribution in [1.29, 1.82) is 0 Å². The Kier molecular flexibility index (Phi) is 7.34. The zero-order chi connectivity index (χ0) is 11.8. The van der Waals surface area contributed by atoms with Crippen molar-refractivity contribution in [2.75, 3.05) is 13.2 Å². The van der Waals surface area contributed by atoms with Gasteiger partial charge in [0.1, 0.15) is 6.10 Å². The van der Waals surface area contributed by atoms with Gasteiger partial charge in [0.2, 0.25) is 0 Å². The summed E-state index contributed by atoms with van der Waals surface area (Å²) in [6.07, 6.45) is -0.0468. The molecule has 0 spiro atoms. The summed E-state index contributed by atoms with van der Waals surface area (Å²) in [5.74, 6) is -0.266. The molecule has 0 aromatic heterocycles. The first kappa shape index (κ1) is 14.4. The molecule has 4 nitrogen and oxygen atoms in total. The summed E-state index contributed by atoms with van der Waals surface area (Å²) in [7, 11) is 0. The zero-order valence-corrected chi connectivity index (χ0v) is 10.4. The number of esters is 1. The molecular formula is C11H23NO3. The van der Waals surface area contributed by atoms with Crippen LogP contribution in [0.25, 0.3) is 0 Å². The lowest BCUT2D eigenvalue weighted by Gasteiger charge is -2.20. The van der Waals surface area contributed by atoms with E-state index in [1.165, 1.54) is 6.92 Å². The highest BCUT2D eigenvalue weighted by Gasteiger charge is 2.13. The Labute approximate surface area is 92.3 Å². The molecule has 4 heteroatoms. The molecule has 0 rings (SSSR count). The van der Waals surface area contributed by atoms with Gasteiger partial charge in [-0.15, -0.1) is 0 Å². The van der Waals surface area contributed by atoms with Crippen LogP contribution in [0.1, 0.15) is 34.6 Å². The van der Waals surface area contributed by atoms with Gasteiger partial charge in [-0.05, 0) is 13.8 Å². The predicted octanol–water partition coefficient (Wildman–Crippen LogP) is 1.34. The third-order valence-electron chi connectivity index (χ3n) is 1.70. The van der Waals surface area contributed by atoms with Crippen LogP contribution in [-0.2, 0) is 14.3 Å². The van der Waals surface area contributed by atoms with Crippen LogP contribution in [0.3, 0.4) is 0 Å². The van der Waals surface area contributed by atoms with Crippen molar-refractivity contribution in [2.45, 2.75) is 52.9 Å². The molecule has 0 aromatic rings. The summed E-state index contributed by atoms with van der Waals surface area (Å²) in [5, 5.41) is 3.22. The van der Waals surface area contributed by atoms with Gasteiger partial charge in [-0.1, -0.05) is 13.8 Å². The average Bonchev–Trinajstić information content (AvgIpc) is 2.08. The SMILES string of the molecule is CC(=O)OC(CNC(C)C)COC(C)C. The van der Waals surface area contributed by atoms with E-state index in [-0.39, 0.29) is 18.2 Å². The summed E-state index contributed by atoms with van der Waals surface area (Å²) in [5.41, 5.74) is 0. The van der Waals surface area contributed by atoms with Crippen LogP contribution < -0.4 is 5.32 Å². The smallest absolute Gasteiger partial charge is 0.303 e. The van der Waals surface area contributed by atoms with E-state index in [2.05, 4.69) is 5.32 Å². The summed E-state index contributed by atoms with van der Waals surface area (Å²) < 4.78 is 10.5. The number of rotatable bonds is 7. The number of carbonyl (C=O) groups excluding carboxylic acids is 1. The number of nitrogens with one attached hydrogen (secondary N) is 1. The molecule has 0 heterocycles.